The molecule has 0 N–H and O–H groups in total. The molecule has 3 heterocycles. The van der Waals surface area contributed by atoms with Gasteiger partial charge in [0.2, 0.25) is 0 Å². The Morgan fingerprint density at radius 3 is 3.16 bits per heavy atom. The highest BCUT2D eigenvalue weighted by Gasteiger charge is 2.25. The highest BCUT2D eigenvalue weighted by molar-refractivity contribution is 6.16. The number of hydrogen-bond donors (Lipinski definition) is 0. The number of hydrogen-bond acceptors (Lipinski definition) is 3. The van der Waals surface area contributed by atoms with Crippen LogP contribution < -0.4 is 0 Å². The minimum absolute atomic E-state index is 0.440. The molecule has 1 fully saturated rings. The van der Waals surface area contributed by atoms with Crippen LogP contribution in [0.4, 0.5) is 0 Å². The minimum Gasteiger partial charge on any atom is -0.310 e. The zero-order valence-electron chi connectivity index (χ0n) is 11.2. The van der Waals surface area contributed by atoms with Crippen LogP contribution in [0.5, 0.6) is 0 Å². The van der Waals surface area contributed by atoms with Gasteiger partial charge in [0.15, 0.2) is 5.65 Å². The van der Waals surface area contributed by atoms with Crippen molar-refractivity contribution in [1.82, 2.24) is 19.4 Å². The summed E-state index contributed by atoms with van der Waals surface area (Å²) in [6.45, 7) is 5.49. The molecule has 1 saturated heterocycles. The lowest BCUT2D eigenvalue weighted by Crippen LogP contribution is -2.33. The standard InChI is InChI=1S/C14H19ClN4/c1-2-18-8-4-5-11(18)10-19-13(9-15)17-12-6-3-7-16-14(12)19/h3,6-7,11H,2,4-5,8-10H2,1H3. The molecule has 102 valence electrons. The quantitative estimate of drug-likeness (QED) is 0.807. The molecule has 0 saturated carbocycles. The molecule has 3 rings (SSSR count). The van der Waals surface area contributed by atoms with Gasteiger partial charge in [0.25, 0.3) is 0 Å². The predicted molar refractivity (Wildman–Crippen MR) is 77.4 cm³/mol. The molecule has 0 spiro atoms. The van der Waals surface area contributed by atoms with Gasteiger partial charge in [0, 0.05) is 18.8 Å². The first-order chi connectivity index (χ1) is 9.33. The topological polar surface area (TPSA) is 34.0 Å². The maximum Gasteiger partial charge on any atom is 0.160 e. The smallest absolute Gasteiger partial charge is 0.160 e. The number of pyridine rings is 1. The molecule has 0 radical (unpaired) electrons. The molecule has 2 aromatic rings. The summed E-state index contributed by atoms with van der Waals surface area (Å²) in [4.78, 5) is 11.6. The molecule has 5 heteroatoms. The maximum atomic E-state index is 6.03. The molecule has 1 atom stereocenters. The first-order valence-electron chi connectivity index (χ1n) is 6.93. The predicted octanol–water partition coefficient (Wildman–Crippen LogP) is 2.65. The number of halogens is 1. The van der Waals surface area contributed by atoms with Crippen LogP contribution >= 0.6 is 11.6 Å². The van der Waals surface area contributed by atoms with E-state index in [1.165, 1.54) is 19.4 Å². The lowest BCUT2D eigenvalue weighted by molar-refractivity contribution is 0.244. The molecular weight excluding hydrogens is 260 g/mol. The van der Waals surface area contributed by atoms with Crippen molar-refractivity contribution in [3.63, 3.8) is 0 Å². The fourth-order valence-corrected chi connectivity index (χ4v) is 3.23. The lowest BCUT2D eigenvalue weighted by atomic mass is 10.2. The molecule has 1 aliphatic rings. The van der Waals surface area contributed by atoms with Crippen LogP contribution in [-0.4, -0.2) is 38.6 Å². The summed E-state index contributed by atoms with van der Waals surface area (Å²) in [6.07, 6.45) is 4.36. The number of rotatable bonds is 4. The first-order valence-corrected chi connectivity index (χ1v) is 7.47. The number of likely N-dealkylation sites (N-methyl/N-ethyl adjacent to an activating group) is 1. The van der Waals surface area contributed by atoms with E-state index in [2.05, 4.69) is 26.4 Å². The second-order valence-electron chi connectivity index (χ2n) is 5.04. The number of nitrogens with zero attached hydrogens (tertiary/aromatic N) is 4. The fourth-order valence-electron chi connectivity index (χ4n) is 3.03. The third kappa shape index (κ3) is 2.35. The van der Waals surface area contributed by atoms with Gasteiger partial charge in [-0.15, -0.1) is 11.6 Å². The largest absolute Gasteiger partial charge is 0.310 e. The number of alkyl halides is 1. The van der Waals surface area contributed by atoms with Gasteiger partial charge in [0.05, 0.1) is 5.88 Å². The summed E-state index contributed by atoms with van der Waals surface area (Å²) < 4.78 is 2.20. The Balaban J connectivity index is 1.95. The van der Waals surface area contributed by atoms with Gasteiger partial charge < -0.3 is 4.57 Å². The van der Waals surface area contributed by atoms with Crippen LogP contribution in [0.3, 0.4) is 0 Å². The Morgan fingerprint density at radius 1 is 1.47 bits per heavy atom. The summed E-state index contributed by atoms with van der Waals surface area (Å²) in [7, 11) is 0. The SMILES string of the molecule is CCN1CCCC1Cn1c(CCl)nc2cccnc21. The number of imidazole rings is 1. The van der Waals surface area contributed by atoms with Crippen LogP contribution in [0.1, 0.15) is 25.6 Å². The van der Waals surface area contributed by atoms with Gasteiger partial charge in [-0.1, -0.05) is 6.92 Å². The van der Waals surface area contributed by atoms with Crippen molar-refractivity contribution < 1.29 is 0 Å². The van der Waals surface area contributed by atoms with Crippen molar-refractivity contribution in [3.8, 4) is 0 Å². The van der Waals surface area contributed by atoms with E-state index >= 15 is 0 Å². The zero-order chi connectivity index (χ0) is 13.2. The van der Waals surface area contributed by atoms with Gasteiger partial charge in [-0.2, -0.15) is 0 Å². The van der Waals surface area contributed by atoms with Crippen LogP contribution in [0.15, 0.2) is 18.3 Å². The Morgan fingerprint density at radius 2 is 2.37 bits per heavy atom. The van der Waals surface area contributed by atoms with Crippen LogP contribution in [-0.2, 0) is 12.4 Å². The maximum absolute atomic E-state index is 6.03. The van der Waals surface area contributed by atoms with Gasteiger partial charge in [0.1, 0.15) is 11.3 Å². The lowest BCUT2D eigenvalue weighted by Gasteiger charge is -2.23. The highest BCUT2D eigenvalue weighted by atomic mass is 35.5. The zero-order valence-corrected chi connectivity index (χ0v) is 12.0. The van der Waals surface area contributed by atoms with E-state index in [4.69, 9.17) is 11.6 Å². The third-order valence-corrected chi connectivity index (χ3v) is 4.24. The molecule has 4 nitrogen and oxygen atoms in total. The third-order valence-electron chi connectivity index (χ3n) is 4.00. The van der Waals surface area contributed by atoms with Gasteiger partial charge >= 0.3 is 0 Å². The number of fused-ring (bicyclic) bond motifs is 1. The second-order valence-corrected chi connectivity index (χ2v) is 5.31. The van der Waals surface area contributed by atoms with Crippen molar-refractivity contribution in [2.24, 2.45) is 0 Å². The first kappa shape index (κ1) is 12.9. The average molecular weight is 279 g/mol. The van der Waals surface area contributed by atoms with Crippen molar-refractivity contribution in [1.29, 1.82) is 0 Å². The normalized spacial score (nSPS) is 20.4. The molecule has 0 aliphatic carbocycles. The van der Waals surface area contributed by atoms with Gasteiger partial charge in [-0.25, -0.2) is 9.97 Å². The summed E-state index contributed by atoms with van der Waals surface area (Å²) >= 11 is 6.03. The highest BCUT2D eigenvalue weighted by Crippen LogP contribution is 2.22. The Hall–Kier alpha value is -1.13. The van der Waals surface area contributed by atoms with Crippen LogP contribution in [0, 0.1) is 0 Å². The molecule has 2 aromatic heterocycles. The van der Waals surface area contributed by atoms with E-state index in [-0.39, 0.29) is 0 Å². The minimum atomic E-state index is 0.440. The molecule has 0 aromatic carbocycles. The summed E-state index contributed by atoms with van der Waals surface area (Å²) in [5.41, 5.74) is 1.90. The van der Waals surface area contributed by atoms with Crippen molar-refractivity contribution >= 4 is 22.8 Å². The fraction of sp³-hybridized carbons (Fsp3) is 0.571. The Labute approximate surface area is 118 Å². The molecule has 19 heavy (non-hydrogen) atoms. The van der Waals surface area contributed by atoms with Crippen LogP contribution in [0.25, 0.3) is 11.2 Å². The molecular formula is C14H19ClN4. The molecule has 1 unspecified atom stereocenters. The average Bonchev–Trinajstić information content (AvgIpc) is 3.04. The summed E-state index contributed by atoms with van der Waals surface area (Å²) in [6, 6.07) is 4.51. The van der Waals surface area contributed by atoms with Crippen LogP contribution in [0.2, 0.25) is 0 Å². The second kappa shape index (κ2) is 5.47. The molecule has 1 aliphatic heterocycles. The van der Waals surface area contributed by atoms with E-state index in [1.807, 2.05) is 18.3 Å². The van der Waals surface area contributed by atoms with E-state index in [1.54, 1.807) is 0 Å². The van der Waals surface area contributed by atoms with Gasteiger partial charge in [-0.3, -0.25) is 4.90 Å². The number of aromatic nitrogens is 3. The number of likely N-dealkylation sites (tertiary alicyclic amines) is 1. The van der Waals surface area contributed by atoms with E-state index in [9.17, 15) is 0 Å². The Bertz CT molecular complexity index is 566. The molecule has 0 bridgehead atoms. The van der Waals surface area contributed by atoms with Gasteiger partial charge in [-0.05, 0) is 38.1 Å². The van der Waals surface area contributed by atoms with E-state index < -0.39 is 0 Å². The van der Waals surface area contributed by atoms with Crippen molar-refractivity contribution in [3.05, 3.63) is 24.2 Å². The summed E-state index contributed by atoms with van der Waals surface area (Å²) in [5.74, 6) is 1.37. The molecule has 0 amide bonds. The van der Waals surface area contributed by atoms with E-state index in [0.29, 0.717) is 11.9 Å². The summed E-state index contributed by atoms with van der Waals surface area (Å²) in [5, 5.41) is 0. The van der Waals surface area contributed by atoms with Crippen molar-refractivity contribution in [2.45, 2.75) is 38.2 Å². The Kier molecular flexibility index (Phi) is 3.71. The van der Waals surface area contributed by atoms with Crippen molar-refractivity contribution in [2.75, 3.05) is 13.1 Å². The monoisotopic (exact) mass is 278 g/mol. The van der Waals surface area contributed by atoms with E-state index in [0.717, 1.165) is 30.1 Å².